The minimum atomic E-state index is -1.20. The Bertz CT molecular complexity index is 1570. The fourth-order valence-corrected chi connectivity index (χ4v) is 11.0. The van der Waals surface area contributed by atoms with Crippen LogP contribution < -0.4 is 16.0 Å². The minimum Gasteiger partial charge on any atom is -0.444 e. The molecule has 1 saturated carbocycles. The average molecular weight is 816 g/mol. The summed E-state index contributed by atoms with van der Waals surface area (Å²) in [6.07, 6.45) is 5.84. The third-order valence-electron chi connectivity index (χ3n) is 10.5. The SMILES string of the molecule is CCCC(NC(=O)C1CC2(CN1C(=O)C(C1CCCCC1)N(C)C(=O)OC(C)(C)C)SCCCS2)C(=O)C(=O)NCC(=O)NC(C(=O)C(C)C)c1ccccc1. The standard InChI is InChI=1S/C41H61N5O8S2/c1-8-16-29(35(49)37(51)42-24-31(47)44-32(34(48)26(2)3)27-17-11-9-12-18-27)43-36(50)30-23-41(55-21-15-22-56-41)25-46(30)38(52)33(28-19-13-10-14-20-28)45(7)39(53)54-40(4,5)6/h9,11-12,17-18,26,28-30,32-33H,8,10,13-16,19-25H2,1-7H3,(H,42,51)(H,43,50)(H,44,47). The Morgan fingerprint density at radius 1 is 0.946 bits per heavy atom. The molecule has 2 saturated heterocycles. The van der Waals surface area contributed by atoms with E-state index in [0.717, 1.165) is 50.0 Å². The molecule has 2 heterocycles. The van der Waals surface area contributed by atoms with Gasteiger partial charge in [0.05, 0.1) is 16.7 Å². The summed E-state index contributed by atoms with van der Waals surface area (Å²) in [5.74, 6) is -2.38. The van der Waals surface area contributed by atoms with Gasteiger partial charge in [-0.25, -0.2) is 4.79 Å². The van der Waals surface area contributed by atoms with Crippen molar-refractivity contribution in [2.75, 3.05) is 31.6 Å². The Balaban J connectivity index is 1.51. The second-order valence-corrected chi connectivity index (χ2v) is 19.7. The van der Waals surface area contributed by atoms with E-state index in [9.17, 15) is 33.6 Å². The number of ketones is 2. The molecule has 1 aromatic rings. The van der Waals surface area contributed by atoms with Gasteiger partial charge in [0.2, 0.25) is 23.5 Å². The van der Waals surface area contributed by atoms with Gasteiger partial charge >= 0.3 is 6.09 Å². The van der Waals surface area contributed by atoms with E-state index < -0.39 is 70.0 Å². The molecule has 2 aliphatic heterocycles. The number of benzene rings is 1. The van der Waals surface area contributed by atoms with Crippen molar-refractivity contribution in [3.63, 3.8) is 0 Å². The molecule has 4 atom stereocenters. The number of nitrogens with one attached hydrogen (secondary N) is 3. The Labute approximate surface area is 340 Å². The Hall–Kier alpha value is -3.59. The number of nitrogens with zero attached hydrogens (tertiary/aromatic N) is 2. The van der Waals surface area contributed by atoms with Crippen molar-refractivity contribution in [2.45, 2.75) is 133 Å². The van der Waals surface area contributed by atoms with E-state index in [-0.39, 0.29) is 29.9 Å². The normalized spacial score (nSPS) is 20.1. The second-order valence-electron chi connectivity index (χ2n) is 16.4. The van der Waals surface area contributed by atoms with E-state index in [1.807, 2.05) is 6.92 Å². The molecule has 0 aromatic heterocycles. The topological polar surface area (TPSA) is 171 Å². The van der Waals surface area contributed by atoms with Gasteiger partial charge in [-0.2, -0.15) is 0 Å². The largest absolute Gasteiger partial charge is 0.444 e. The van der Waals surface area contributed by atoms with Crippen molar-refractivity contribution in [1.82, 2.24) is 25.8 Å². The van der Waals surface area contributed by atoms with Gasteiger partial charge in [0.15, 0.2) is 5.78 Å². The molecular weight excluding hydrogens is 755 g/mol. The van der Waals surface area contributed by atoms with Crippen molar-refractivity contribution < 1.29 is 38.3 Å². The maximum Gasteiger partial charge on any atom is 0.410 e. The van der Waals surface area contributed by atoms with Gasteiger partial charge in [-0.1, -0.05) is 76.8 Å². The monoisotopic (exact) mass is 815 g/mol. The molecule has 0 bridgehead atoms. The first kappa shape index (κ1) is 45.1. The van der Waals surface area contributed by atoms with Gasteiger partial charge in [-0.3, -0.25) is 33.7 Å². The van der Waals surface area contributed by atoms with E-state index in [4.69, 9.17) is 4.74 Å². The number of rotatable bonds is 15. The number of amides is 5. The number of hydrogen-bond acceptors (Lipinski definition) is 10. The number of carbonyl (C=O) groups excluding carboxylic acids is 7. The van der Waals surface area contributed by atoms with E-state index in [0.29, 0.717) is 24.9 Å². The second kappa shape index (κ2) is 20.2. The lowest BCUT2D eigenvalue weighted by Gasteiger charge is -2.39. The first-order valence-corrected chi connectivity index (χ1v) is 22.0. The predicted molar refractivity (Wildman–Crippen MR) is 219 cm³/mol. The molecule has 3 aliphatic rings. The van der Waals surface area contributed by atoms with Crippen molar-refractivity contribution in [3.8, 4) is 0 Å². The summed E-state index contributed by atoms with van der Waals surface area (Å²) in [6, 6.07) is 4.88. The van der Waals surface area contributed by atoms with Crippen LogP contribution in [0.25, 0.3) is 0 Å². The highest BCUT2D eigenvalue weighted by Gasteiger charge is 2.53. The minimum absolute atomic E-state index is 0.109. The first-order chi connectivity index (χ1) is 26.5. The third kappa shape index (κ3) is 12.0. The molecule has 4 rings (SSSR count). The molecule has 15 heteroatoms. The Morgan fingerprint density at radius 3 is 2.18 bits per heavy atom. The lowest BCUT2D eigenvalue weighted by molar-refractivity contribution is -0.145. The van der Waals surface area contributed by atoms with Gasteiger partial charge < -0.3 is 25.6 Å². The fourth-order valence-electron chi connectivity index (χ4n) is 7.62. The molecule has 4 unspecified atom stereocenters. The van der Waals surface area contributed by atoms with E-state index in [2.05, 4.69) is 16.0 Å². The molecule has 1 aliphatic carbocycles. The van der Waals surface area contributed by atoms with Crippen molar-refractivity contribution >= 4 is 64.8 Å². The zero-order chi connectivity index (χ0) is 41.2. The van der Waals surface area contributed by atoms with Crippen LogP contribution in [0.4, 0.5) is 4.79 Å². The molecule has 1 spiro atoms. The summed E-state index contributed by atoms with van der Waals surface area (Å²) in [5.41, 5.74) is -0.171. The molecular formula is C41H61N5O8S2. The zero-order valence-electron chi connectivity index (χ0n) is 34.0. The Kier molecular flexibility index (Phi) is 16.3. The number of likely N-dealkylation sites (N-methyl/N-ethyl adjacent to an activating group) is 1. The quantitative estimate of drug-likeness (QED) is 0.204. The lowest BCUT2D eigenvalue weighted by Crippen LogP contribution is -2.58. The van der Waals surface area contributed by atoms with Crippen LogP contribution in [0.5, 0.6) is 0 Å². The average Bonchev–Trinajstić information content (AvgIpc) is 3.54. The zero-order valence-corrected chi connectivity index (χ0v) is 35.7. The molecule has 5 amide bonds. The summed E-state index contributed by atoms with van der Waals surface area (Å²) in [6.45, 7) is 10.4. The molecule has 3 N–H and O–H groups in total. The summed E-state index contributed by atoms with van der Waals surface area (Å²) >= 11 is 3.47. The van der Waals surface area contributed by atoms with Gasteiger partial charge in [-0.05, 0) is 69.4 Å². The summed E-state index contributed by atoms with van der Waals surface area (Å²) in [4.78, 5) is 98.3. The number of ether oxygens (including phenoxy) is 1. The van der Waals surface area contributed by atoms with Crippen LogP contribution in [0.3, 0.4) is 0 Å². The van der Waals surface area contributed by atoms with E-state index >= 15 is 0 Å². The number of Topliss-reactive ketones (excluding diaryl/α,β-unsaturated/α-hetero) is 2. The number of likely N-dealkylation sites (tertiary alicyclic amines) is 1. The van der Waals surface area contributed by atoms with Crippen LogP contribution in [-0.4, -0.2) is 111 Å². The highest BCUT2D eigenvalue weighted by atomic mass is 32.2. The van der Waals surface area contributed by atoms with Crippen molar-refractivity contribution in [2.24, 2.45) is 11.8 Å². The molecule has 1 aromatic carbocycles. The van der Waals surface area contributed by atoms with Gasteiger partial charge in [-0.15, -0.1) is 23.5 Å². The van der Waals surface area contributed by atoms with Gasteiger partial charge in [0.25, 0.3) is 5.91 Å². The third-order valence-corrected chi connectivity index (χ3v) is 13.8. The van der Waals surface area contributed by atoms with Crippen LogP contribution in [0.1, 0.15) is 111 Å². The van der Waals surface area contributed by atoms with Gasteiger partial charge in [0.1, 0.15) is 23.7 Å². The maximum absolute atomic E-state index is 14.8. The summed E-state index contributed by atoms with van der Waals surface area (Å²) in [5, 5.41) is 7.85. The van der Waals surface area contributed by atoms with Crippen LogP contribution in [0, 0.1) is 11.8 Å². The van der Waals surface area contributed by atoms with Crippen LogP contribution >= 0.6 is 23.5 Å². The highest BCUT2D eigenvalue weighted by Crippen LogP contribution is 2.51. The molecule has 3 fully saturated rings. The van der Waals surface area contributed by atoms with E-state index in [1.54, 1.807) is 100 Å². The molecule has 13 nitrogen and oxygen atoms in total. The number of thioether (sulfide) groups is 2. The van der Waals surface area contributed by atoms with Crippen LogP contribution in [0.2, 0.25) is 0 Å². The summed E-state index contributed by atoms with van der Waals surface area (Å²) < 4.78 is 5.27. The summed E-state index contributed by atoms with van der Waals surface area (Å²) in [7, 11) is 1.59. The van der Waals surface area contributed by atoms with Crippen molar-refractivity contribution in [1.29, 1.82) is 0 Å². The molecule has 56 heavy (non-hydrogen) atoms. The lowest BCUT2D eigenvalue weighted by atomic mass is 9.82. The first-order valence-electron chi connectivity index (χ1n) is 20.0. The molecule has 0 radical (unpaired) electrons. The predicted octanol–water partition coefficient (Wildman–Crippen LogP) is 5.02. The number of hydrogen-bond donors (Lipinski definition) is 3. The van der Waals surface area contributed by atoms with Crippen LogP contribution in [-0.2, 0) is 33.5 Å². The Morgan fingerprint density at radius 2 is 1.59 bits per heavy atom. The highest BCUT2D eigenvalue weighted by molar-refractivity contribution is 8.18. The van der Waals surface area contributed by atoms with Gasteiger partial charge in [0, 0.05) is 25.9 Å². The molecule has 310 valence electrons. The van der Waals surface area contributed by atoms with Crippen LogP contribution in [0.15, 0.2) is 30.3 Å². The van der Waals surface area contributed by atoms with Crippen molar-refractivity contribution in [3.05, 3.63) is 35.9 Å². The fraction of sp³-hybridized carbons (Fsp3) is 0.683. The number of carbonyl (C=O) groups is 7. The van der Waals surface area contributed by atoms with E-state index in [1.165, 1.54) is 4.90 Å². The maximum atomic E-state index is 14.8. The smallest absolute Gasteiger partial charge is 0.410 e.